The van der Waals surface area contributed by atoms with Gasteiger partial charge in [0.25, 0.3) is 0 Å². The van der Waals surface area contributed by atoms with E-state index in [4.69, 9.17) is 0 Å². The van der Waals surface area contributed by atoms with Gasteiger partial charge in [-0.25, -0.2) is 0 Å². The average Bonchev–Trinajstić information content (AvgIpc) is 2.68. The van der Waals surface area contributed by atoms with Gasteiger partial charge in [0, 0.05) is 25.3 Å². The Labute approximate surface area is 108 Å². The first-order valence-electron chi connectivity index (χ1n) is 6.53. The standard InChI is InChI=1S/C14H22N2O2/c1-3-15-7-11-4-5-12(6-10(11)2)16-8-13(17)14(18)9-16/h4-6,13-15,17-18H,3,7-9H2,1-2H3. The summed E-state index contributed by atoms with van der Waals surface area (Å²) in [6.07, 6.45) is -1.27. The highest BCUT2D eigenvalue weighted by Gasteiger charge is 2.29. The second kappa shape index (κ2) is 5.69. The first-order chi connectivity index (χ1) is 8.61. The number of hydrogen-bond donors (Lipinski definition) is 3. The largest absolute Gasteiger partial charge is 0.389 e. The molecule has 2 unspecified atom stereocenters. The predicted octanol–water partition coefficient (Wildman–Crippen LogP) is 0.646. The molecule has 4 heteroatoms. The molecule has 18 heavy (non-hydrogen) atoms. The SMILES string of the molecule is CCNCc1ccc(N2CC(O)C(O)C2)cc1C. The normalized spacial score (nSPS) is 23.7. The van der Waals surface area contributed by atoms with Crippen LogP contribution in [0.2, 0.25) is 0 Å². The second-order valence-electron chi connectivity index (χ2n) is 4.93. The van der Waals surface area contributed by atoms with Crippen molar-refractivity contribution in [2.24, 2.45) is 0 Å². The van der Waals surface area contributed by atoms with Gasteiger partial charge in [-0.1, -0.05) is 13.0 Å². The summed E-state index contributed by atoms with van der Waals surface area (Å²) in [4.78, 5) is 2.03. The van der Waals surface area contributed by atoms with Crippen LogP contribution >= 0.6 is 0 Å². The molecule has 2 atom stereocenters. The van der Waals surface area contributed by atoms with E-state index in [2.05, 4.69) is 37.4 Å². The van der Waals surface area contributed by atoms with Crippen LogP contribution in [0.1, 0.15) is 18.1 Å². The fourth-order valence-corrected chi connectivity index (χ4v) is 2.32. The van der Waals surface area contributed by atoms with Gasteiger partial charge < -0.3 is 20.4 Å². The van der Waals surface area contributed by atoms with E-state index in [0.29, 0.717) is 13.1 Å². The summed E-state index contributed by atoms with van der Waals surface area (Å²) in [5, 5.41) is 22.5. The monoisotopic (exact) mass is 250 g/mol. The van der Waals surface area contributed by atoms with Crippen LogP contribution < -0.4 is 10.2 Å². The predicted molar refractivity (Wildman–Crippen MR) is 72.8 cm³/mol. The van der Waals surface area contributed by atoms with Crippen LogP contribution in [-0.4, -0.2) is 42.1 Å². The molecule has 0 saturated carbocycles. The van der Waals surface area contributed by atoms with Crippen LogP contribution in [0.3, 0.4) is 0 Å². The van der Waals surface area contributed by atoms with E-state index < -0.39 is 12.2 Å². The van der Waals surface area contributed by atoms with Gasteiger partial charge in [-0.3, -0.25) is 0 Å². The van der Waals surface area contributed by atoms with E-state index in [9.17, 15) is 10.2 Å². The number of anilines is 1. The average molecular weight is 250 g/mol. The van der Waals surface area contributed by atoms with E-state index in [1.54, 1.807) is 0 Å². The van der Waals surface area contributed by atoms with Gasteiger partial charge in [0.15, 0.2) is 0 Å². The highest BCUT2D eigenvalue weighted by molar-refractivity contribution is 5.52. The molecule has 1 fully saturated rings. The molecule has 1 aromatic carbocycles. The molecule has 0 aromatic heterocycles. The van der Waals surface area contributed by atoms with Crippen molar-refractivity contribution in [1.82, 2.24) is 5.32 Å². The fraction of sp³-hybridized carbons (Fsp3) is 0.571. The van der Waals surface area contributed by atoms with Crippen molar-refractivity contribution >= 4 is 5.69 Å². The molecular weight excluding hydrogens is 228 g/mol. The number of nitrogens with zero attached hydrogens (tertiary/aromatic N) is 1. The fourth-order valence-electron chi connectivity index (χ4n) is 2.32. The van der Waals surface area contributed by atoms with Crippen LogP contribution in [-0.2, 0) is 6.54 Å². The van der Waals surface area contributed by atoms with E-state index in [-0.39, 0.29) is 0 Å². The molecule has 2 rings (SSSR count). The Hall–Kier alpha value is -1.10. The first kappa shape index (κ1) is 13.3. The molecule has 0 aliphatic carbocycles. The maximum Gasteiger partial charge on any atom is 0.0990 e. The molecule has 0 amide bonds. The minimum Gasteiger partial charge on any atom is -0.389 e. The molecule has 3 N–H and O–H groups in total. The second-order valence-corrected chi connectivity index (χ2v) is 4.93. The first-order valence-corrected chi connectivity index (χ1v) is 6.53. The summed E-state index contributed by atoms with van der Waals surface area (Å²) < 4.78 is 0. The van der Waals surface area contributed by atoms with Crippen LogP contribution in [0, 0.1) is 6.92 Å². The number of aryl methyl sites for hydroxylation is 1. The number of hydrogen-bond acceptors (Lipinski definition) is 4. The van der Waals surface area contributed by atoms with Gasteiger partial charge in [0.2, 0.25) is 0 Å². The molecule has 0 radical (unpaired) electrons. The van der Waals surface area contributed by atoms with Gasteiger partial charge in [-0.05, 0) is 36.7 Å². The van der Waals surface area contributed by atoms with Gasteiger partial charge in [-0.15, -0.1) is 0 Å². The smallest absolute Gasteiger partial charge is 0.0990 e. The highest BCUT2D eigenvalue weighted by atomic mass is 16.3. The van der Waals surface area contributed by atoms with E-state index in [0.717, 1.165) is 18.8 Å². The third kappa shape index (κ3) is 2.83. The zero-order chi connectivity index (χ0) is 13.1. The maximum atomic E-state index is 9.57. The molecule has 1 saturated heterocycles. The molecule has 1 heterocycles. The van der Waals surface area contributed by atoms with Gasteiger partial charge in [0.05, 0.1) is 12.2 Å². The molecule has 0 spiro atoms. The minimum atomic E-state index is -0.633. The Bertz CT molecular complexity index is 399. The number of aliphatic hydroxyl groups is 2. The summed E-state index contributed by atoms with van der Waals surface area (Å²) in [7, 11) is 0. The lowest BCUT2D eigenvalue weighted by atomic mass is 10.1. The number of β-amino-alcohol motifs (C(OH)–C–C–N with tert-alkyl or cyclic N) is 2. The van der Waals surface area contributed by atoms with Crippen molar-refractivity contribution in [2.75, 3.05) is 24.5 Å². The summed E-state index contributed by atoms with van der Waals surface area (Å²) in [6.45, 7) is 7.05. The van der Waals surface area contributed by atoms with Crippen molar-refractivity contribution in [2.45, 2.75) is 32.6 Å². The van der Waals surface area contributed by atoms with Crippen LogP contribution in [0.15, 0.2) is 18.2 Å². The Balaban J connectivity index is 2.09. The summed E-state index contributed by atoms with van der Waals surface area (Å²) in [5.74, 6) is 0. The highest BCUT2D eigenvalue weighted by Crippen LogP contribution is 2.23. The third-order valence-electron chi connectivity index (χ3n) is 3.52. The number of nitrogens with one attached hydrogen (secondary N) is 1. The summed E-state index contributed by atoms with van der Waals surface area (Å²) in [6, 6.07) is 6.30. The molecule has 1 aliphatic heterocycles. The van der Waals surface area contributed by atoms with E-state index in [1.807, 2.05) is 4.90 Å². The van der Waals surface area contributed by atoms with Gasteiger partial charge >= 0.3 is 0 Å². The van der Waals surface area contributed by atoms with Crippen molar-refractivity contribution in [3.63, 3.8) is 0 Å². The number of rotatable bonds is 4. The van der Waals surface area contributed by atoms with Gasteiger partial charge in [-0.2, -0.15) is 0 Å². The van der Waals surface area contributed by atoms with Gasteiger partial charge in [0.1, 0.15) is 0 Å². The molecule has 4 nitrogen and oxygen atoms in total. The molecule has 1 aromatic rings. The number of aliphatic hydroxyl groups excluding tert-OH is 2. The lowest BCUT2D eigenvalue weighted by molar-refractivity contribution is 0.0572. The Kier molecular flexibility index (Phi) is 4.22. The van der Waals surface area contributed by atoms with Crippen molar-refractivity contribution in [1.29, 1.82) is 0 Å². The zero-order valence-electron chi connectivity index (χ0n) is 11.1. The van der Waals surface area contributed by atoms with E-state index in [1.165, 1.54) is 11.1 Å². The van der Waals surface area contributed by atoms with Crippen molar-refractivity contribution < 1.29 is 10.2 Å². The molecule has 100 valence electrons. The van der Waals surface area contributed by atoms with Crippen molar-refractivity contribution in [3.8, 4) is 0 Å². The van der Waals surface area contributed by atoms with E-state index >= 15 is 0 Å². The zero-order valence-corrected chi connectivity index (χ0v) is 11.1. The van der Waals surface area contributed by atoms with Crippen LogP contribution in [0.4, 0.5) is 5.69 Å². The lowest BCUT2D eigenvalue weighted by Gasteiger charge is -2.19. The minimum absolute atomic E-state index is 0.507. The van der Waals surface area contributed by atoms with Crippen LogP contribution in [0.25, 0.3) is 0 Å². The quantitative estimate of drug-likeness (QED) is 0.734. The Morgan fingerprint density at radius 1 is 1.28 bits per heavy atom. The molecular formula is C14H22N2O2. The Morgan fingerprint density at radius 3 is 2.50 bits per heavy atom. The lowest BCUT2D eigenvalue weighted by Crippen LogP contribution is -2.22. The van der Waals surface area contributed by atoms with Crippen LogP contribution in [0.5, 0.6) is 0 Å². The molecule has 0 bridgehead atoms. The number of benzene rings is 1. The Morgan fingerprint density at radius 2 is 1.94 bits per heavy atom. The van der Waals surface area contributed by atoms with Crippen molar-refractivity contribution in [3.05, 3.63) is 29.3 Å². The molecule has 1 aliphatic rings. The maximum absolute atomic E-state index is 9.57. The summed E-state index contributed by atoms with van der Waals surface area (Å²) >= 11 is 0. The topological polar surface area (TPSA) is 55.7 Å². The summed E-state index contributed by atoms with van der Waals surface area (Å²) in [5.41, 5.74) is 3.61. The third-order valence-corrected chi connectivity index (χ3v) is 3.52.